The van der Waals surface area contributed by atoms with Crippen LogP contribution in [0.2, 0.25) is 0 Å². The van der Waals surface area contributed by atoms with Gasteiger partial charge in [0, 0.05) is 12.4 Å². The lowest BCUT2D eigenvalue weighted by Gasteiger charge is -2.04. The minimum absolute atomic E-state index is 0.390. The number of para-hydroxylation sites is 1. The number of rotatable bonds is 2. The van der Waals surface area contributed by atoms with Crippen molar-refractivity contribution in [1.82, 2.24) is 0 Å². The number of benzene rings is 1. The van der Waals surface area contributed by atoms with E-state index in [1.807, 2.05) is 30.3 Å². The van der Waals surface area contributed by atoms with Crippen molar-refractivity contribution in [1.29, 1.82) is 0 Å². The van der Waals surface area contributed by atoms with Gasteiger partial charge in [0.2, 0.25) is 0 Å². The molecule has 1 heterocycles. The summed E-state index contributed by atoms with van der Waals surface area (Å²) >= 11 is 0. The molecule has 1 aromatic carbocycles. The van der Waals surface area contributed by atoms with E-state index in [9.17, 15) is 0 Å². The maximum absolute atomic E-state index is 5.30. The summed E-state index contributed by atoms with van der Waals surface area (Å²) in [5.41, 5.74) is 0. The van der Waals surface area contributed by atoms with Crippen LogP contribution < -0.4 is 4.74 Å². The van der Waals surface area contributed by atoms with Crippen LogP contribution in [-0.4, -0.2) is 12.4 Å². The molecular weight excluding hydrogens is 152 g/mol. The highest BCUT2D eigenvalue weighted by Crippen LogP contribution is 2.16. The van der Waals surface area contributed by atoms with Gasteiger partial charge in [-0.2, -0.15) is 0 Å². The quantitative estimate of drug-likeness (QED) is 0.646. The van der Waals surface area contributed by atoms with Crippen molar-refractivity contribution in [2.45, 2.75) is 0 Å². The lowest BCUT2D eigenvalue weighted by Crippen LogP contribution is -1.97. The highest BCUT2D eigenvalue weighted by molar-refractivity contribution is 6.17. The van der Waals surface area contributed by atoms with Crippen LogP contribution in [0.4, 0.5) is 0 Å². The first-order chi connectivity index (χ1) is 5.95. The average molecular weight is 159 g/mol. The van der Waals surface area contributed by atoms with Crippen molar-refractivity contribution in [2.24, 2.45) is 9.98 Å². The molecule has 59 valence electrons. The maximum atomic E-state index is 5.30. The van der Waals surface area contributed by atoms with Crippen molar-refractivity contribution < 1.29 is 4.74 Å². The Labute approximate surface area is 70.4 Å². The van der Waals surface area contributed by atoms with Crippen LogP contribution in [0.1, 0.15) is 0 Å². The van der Waals surface area contributed by atoms with Crippen LogP contribution >= 0.6 is 0 Å². The molecule has 3 nitrogen and oxygen atoms in total. The van der Waals surface area contributed by atoms with Gasteiger partial charge in [-0.1, -0.05) is 18.2 Å². The summed E-state index contributed by atoms with van der Waals surface area (Å²) in [6.07, 6.45) is 3.58. The molecule has 0 saturated heterocycles. The summed E-state index contributed by atoms with van der Waals surface area (Å²) in [5, 5.41) is 0. The number of nitrogens with zero attached hydrogens (tertiary/aromatic N) is 2. The minimum atomic E-state index is 0.390. The Kier molecular flexibility index (Phi) is 1.86. The van der Waals surface area contributed by atoms with E-state index in [2.05, 4.69) is 9.98 Å². The summed E-state index contributed by atoms with van der Waals surface area (Å²) in [4.78, 5) is 7.76. The maximum Gasteiger partial charge on any atom is 0.386 e. The second kappa shape index (κ2) is 3.17. The Balaban J connectivity index is 2.04. The summed E-state index contributed by atoms with van der Waals surface area (Å²) in [6, 6.07) is 9.45. The summed E-state index contributed by atoms with van der Waals surface area (Å²) in [6.45, 7) is 0. The highest BCUT2D eigenvalue weighted by atomic mass is 16.5. The van der Waals surface area contributed by atoms with Crippen molar-refractivity contribution >= 4 is 12.4 Å². The Morgan fingerprint density at radius 3 is 2.25 bits per heavy atom. The number of hydrogen-bond donors (Lipinski definition) is 0. The molecule has 12 heavy (non-hydrogen) atoms. The zero-order valence-corrected chi connectivity index (χ0v) is 6.34. The third-order valence-electron chi connectivity index (χ3n) is 1.39. The van der Waals surface area contributed by atoms with Crippen LogP contribution in [0, 0.1) is 6.35 Å². The molecule has 2 rings (SSSR count). The molecule has 0 bridgehead atoms. The molecule has 1 aliphatic rings. The summed E-state index contributed by atoms with van der Waals surface area (Å²) in [5.74, 6) is 0.753. The number of ether oxygens (including phenoxy) is 1. The van der Waals surface area contributed by atoms with Gasteiger partial charge in [-0.15, -0.1) is 0 Å². The molecule has 0 amide bonds. The van der Waals surface area contributed by atoms with Gasteiger partial charge in [-0.3, -0.25) is 0 Å². The van der Waals surface area contributed by atoms with Gasteiger partial charge < -0.3 is 4.74 Å². The second-order valence-electron chi connectivity index (χ2n) is 2.25. The topological polar surface area (TPSA) is 34.0 Å². The van der Waals surface area contributed by atoms with Crippen LogP contribution in [0.3, 0.4) is 0 Å². The SMILES string of the molecule is C1=N[C](Oc2ccccc2)N=C1. The standard InChI is InChI=1S/C9H7N2O/c1-2-4-8(5-3-1)12-9-10-6-7-11-9/h1-7H. The average Bonchev–Trinajstić information content (AvgIpc) is 2.59. The first-order valence-electron chi connectivity index (χ1n) is 3.62. The molecule has 0 unspecified atom stereocenters. The zero-order chi connectivity index (χ0) is 8.23. The Hall–Kier alpha value is -1.64. The predicted molar refractivity (Wildman–Crippen MR) is 47.3 cm³/mol. The molecule has 0 aliphatic carbocycles. The minimum Gasteiger partial charge on any atom is -0.440 e. The van der Waals surface area contributed by atoms with Crippen LogP contribution in [0.5, 0.6) is 5.75 Å². The summed E-state index contributed by atoms with van der Waals surface area (Å²) in [7, 11) is 0. The van der Waals surface area contributed by atoms with E-state index < -0.39 is 0 Å². The Morgan fingerprint density at radius 2 is 1.58 bits per heavy atom. The molecule has 0 aromatic heterocycles. The van der Waals surface area contributed by atoms with Gasteiger partial charge in [0.1, 0.15) is 5.75 Å². The van der Waals surface area contributed by atoms with E-state index in [0.29, 0.717) is 6.35 Å². The smallest absolute Gasteiger partial charge is 0.386 e. The van der Waals surface area contributed by atoms with Crippen LogP contribution in [-0.2, 0) is 0 Å². The molecule has 0 fully saturated rings. The van der Waals surface area contributed by atoms with E-state index in [4.69, 9.17) is 4.74 Å². The molecule has 0 spiro atoms. The fourth-order valence-electron chi connectivity index (χ4n) is 0.874. The third-order valence-corrected chi connectivity index (χ3v) is 1.39. The first kappa shape index (κ1) is 7.03. The highest BCUT2D eigenvalue weighted by Gasteiger charge is 2.09. The largest absolute Gasteiger partial charge is 0.440 e. The van der Waals surface area contributed by atoms with Crippen LogP contribution in [0.25, 0.3) is 0 Å². The monoisotopic (exact) mass is 159 g/mol. The van der Waals surface area contributed by atoms with Crippen molar-refractivity contribution in [3.63, 3.8) is 0 Å². The van der Waals surface area contributed by atoms with E-state index in [-0.39, 0.29) is 0 Å². The Bertz CT molecular complexity index is 294. The zero-order valence-electron chi connectivity index (χ0n) is 6.34. The van der Waals surface area contributed by atoms with E-state index in [1.165, 1.54) is 0 Å². The molecule has 1 aliphatic heterocycles. The van der Waals surface area contributed by atoms with Gasteiger partial charge in [0.15, 0.2) is 0 Å². The number of hydrogen-bond acceptors (Lipinski definition) is 3. The predicted octanol–water partition coefficient (Wildman–Crippen LogP) is 1.67. The molecular formula is C9H7N2O. The van der Waals surface area contributed by atoms with Crippen LogP contribution in [0.15, 0.2) is 40.3 Å². The fraction of sp³-hybridized carbons (Fsp3) is 0. The van der Waals surface area contributed by atoms with E-state index in [0.717, 1.165) is 5.75 Å². The van der Waals surface area contributed by atoms with Gasteiger partial charge in [-0.25, -0.2) is 9.98 Å². The lowest BCUT2D eigenvalue weighted by atomic mass is 10.3. The molecule has 0 atom stereocenters. The number of aliphatic imine (C=N–C) groups is 2. The molecule has 0 N–H and O–H groups in total. The van der Waals surface area contributed by atoms with Gasteiger partial charge >= 0.3 is 6.35 Å². The first-order valence-corrected chi connectivity index (χ1v) is 3.62. The normalized spacial score (nSPS) is 15.3. The molecule has 0 saturated carbocycles. The van der Waals surface area contributed by atoms with E-state index in [1.54, 1.807) is 12.4 Å². The van der Waals surface area contributed by atoms with Crippen molar-refractivity contribution in [3.8, 4) is 5.75 Å². The second-order valence-corrected chi connectivity index (χ2v) is 2.25. The van der Waals surface area contributed by atoms with Gasteiger partial charge in [0.05, 0.1) is 0 Å². The molecule has 3 heteroatoms. The van der Waals surface area contributed by atoms with E-state index >= 15 is 0 Å². The van der Waals surface area contributed by atoms with Crippen molar-refractivity contribution in [3.05, 3.63) is 36.7 Å². The molecule has 1 aromatic rings. The van der Waals surface area contributed by atoms with Gasteiger partial charge in [-0.05, 0) is 12.1 Å². The lowest BCUT2D eigenvalue weighted by molar-refractivity contribution is 0.332. The van der Waals surface area contributed by atoms with Gasteiger partial charge in [0.25, 0.3) is 0 Å². The summed E-state index contributed by atoms with van der Waals surface area (Å²) < 4.78 is 5.30. The van der Waals surface area contributed by atoms with Crippen molar-refractivity contribution in [2.75, 3.05) is 0 Å². The third kappa shape index (κ3) is 1.50. The molecule has 1 radical (unpaired) electrons. The fourth-order valence-corrected chi connectivity index (χ4v) is 0.874. The Morgan fingerprint density at radius 1 is 0.917 bits per heavy atom.